The van der Waals surface area contributed by atoms with Crippen LogP contribution in [0.1, 0.15) is 59.2 Å². The van der Waals surface area contributed by atoms with E-state index in [1.807, 2.05) is 0 Å². The van der Waals surface area contributed by atoms with Gasteiger partial charge in [0.1, 0.15) is 12.4 Å². The predicted molar refractivity (Wildman–Crippen MR) is 105 cm³/mol. The fraction of sp³-hybridized carbons (Fsp3) is 0.455. The summed E-state index contributed by atoms with van der Waals surface area (Å²) < 4.78 is 149. The lowest BCUT2D eigenvalue weighted by Gasteiger charge is -2.13. The lowest BCUT2D eigenvalue weighted by atomic mass is 10.0. The van der Waals surface area contributed by atoms with Gasteiger partial charge in [-0.3, -0.25) is 0 Å². The summed E-state index contributed by atoms with van der Waals surface area (Å²) in [4.78, 5) is 0. The summed E-state index contributed by atoms with van der Waals surface area (Å²) in [6.07, 6.45) is -10.9. The summed E-state index contributed by atoms with van der Waals surface area (Å²) in [5, 5.41) is 10.6. The van der Waals surface area contributed by atoms with Gasteiger partial charge >= 0.3 is 0 Å². The molecule has 26 heavy (non-hydrogen) atoms. The van der Waals surface area contributed by atoms with E-state index in [4.69, 9.17) is 28.0 Å². The highest BCUT2D eigenvalue weighted by Gasteiger charge is 2.07. The van der Waals surface area contributed by atoms with Crippen LogP contribution in [0.3, 0.4) is 0 Å². The van der Waals surface area contributed by atoms with Crippen LogP contribution in [0.5, 0.6) is 17.2 Å². The van der Waals surface area contributed by atoms with Gasteiger partial charge in [0, 0.05) is 5.48 Å². The molecule has 142 valence electrons. The first kappa shape index (κ1) is 7.08. The van der Waals surface area contributed by atoms with E-state index in [-0.39, 0.29) is 12.1 Å². The van der Waals surface area contributed by atoms with Crippen molar-refractivity contribution >= 4 is 0 Å². The molecule has 0 aromatic heterocycles. The highest BCUT2D eigenvalue weighted by Crippen LogP contribution is 2.28. The van der Waals surface area contributed by atoms with E-state index in [1.165, 1.54) is 13.8 Å². The second-order valence-electron chi connectivity index (χ2n) is 5.16. The quantitative estimate of drug-likeness (QED) is 0.665. The Bertz CT molecular complexity index is 1340. The number of methoxy groups -OCH3 is 2. The fourth-order valence-electron chi connectivity index (χ4n) is 1.81. The van der Waals surface area contributed by atoms with Crippen molar-refractivity contribution in [2.75, 3.05) is 20.7 Å². The third-order valence-electron chi connectivity index (χ3n) is 3.29. The number of ether oxygens (including phenoxy) is 3. The van der Waals surface area contributed by atoms with E-state index in [0.29, 0.717) is 11.1 Å². The van der Waals surface area contributed by atoms with Gasteiger partial charge in [0.2, 0.25) is 0 Å². The van der Waals surface area contributed by atoms with Crippen molar-refractivity contribution in [1.82, 2.24) is 0 Å². The van der Waals surface area contributed by atoms with Crippen LogP contribution in [0, 0.1) is 13.8 Å². The zero-order chi connectivity index (χ0) is 33.7. The summed E-state index contributed by atoms with van der Waals surface area (Å²) in [5.74, 6) is -2.72. The first-order chi connectivity index (χ1) is 19.1. The van der Waals surface area contributed by atoms with E-state index < -0.39 is 99.3 Å². The summed E-state index contributed by atoms with van der Waals surface area (Å²) in [6, 6.07) is -4.40. The van der Waals surface area contributed by atoms with Crippen molar-refractivity contribution < 1.29 is 42.6 Å². The number of benzene rings is 2. The van der Waals surface area contributed by atoms with Crippen LogP contribution < -0.4 is 14.2 Å². The molecule has 0 fully saturated rings. The van der Waals surface area contributed by atoms with Crippen molar-refractivity contribution in [1.29, 1.82) is 0 Å². The molecule has 0 saturated heterocycles. The van der Waals surface area contributed by atoms with Crippen molar-refractivity contribution in [3.63, 3.8) is 0 Å². The number of hydrogen-bond donors (Lipinski definition) is 1. The molecule has 4 heteroatoms. The van der Waals surface area contributed by atoms with Crippen LogP contribution in [0.2, 0.25) is 0 Å². The van der Waals surface area contributed by atoms with Crippen LogP contribution in [0.15, 0.2) is 36.3 Å². The van der Waals surface area contributed by atoms with E-state index >= 15 is 0 Å². The van der Waals surface area contributed by atoms with Crippen molar-refractivity contribution in [2.45, 2.75) is 45.5 Å². The fourth-order valence-corrected chi connectivity index (χ4v) is 1.81. The molecule has 0 radical (unpaired) electrons. The molecule has 1 unspecified atom stereocenters. The molecule has 0 heterocycles. The van der Waals surface area contributed by atoms with Gasteiger partial charge in [0.05, 0.1) is 38.0 Å². The average Bonchev–Trinajstić information content (AvgIpc) is 2.84. The molecular weight excluding hydrogens is 328 g/mol. The lowest BCUT2D eigenvalue weighted by molar-refractivity contribution is 0.0976. The topological polar surface area (TPSA) is 47.9 Å². The van der Waals surface area contributed by atoms with Crippen LogP contribution >= 0.6 is 0 Å². The Hall–Kier alpha value is -2.20. The van der Waals surface area contributed by atoms with Crippen LogP contribution in [-0.4, -0.2) is 31.9 Å². The smallest absolute Gasteiger partial charge is 0.160 e. The number of rotatable bonds is 10. The predicted octanol–water partition coefficient (Wildman–Crippen LogP) is 4.47. The Balaban J connectivity index is 2.44. The SMILES string of the molecule is [2H]c1c([2H])c(OCC([2H])(O)C([2H])([2H])CCC([2H])([2H])c2c([2H])c([2H])c(OC([2H])([2H])[2H])c(OC([2H])([2H])[2H])c2[2H])c([2H])c(C)c1C. The largest absolute Gasteiger partial charge is 0.493 e. The van der Waals surface area contributed by atoms with Gasteiger partial charge in [-0.1, -0.05) is 18.5 Å². The maximum atomic E-state index is 10.6. The molecule has 4 nitrogen and oxygen atoms in total. The van der Waals surface area contributed by atoms with E-state index in [2.05, 4.69) is 9.47 Å². The Morgan fingerprint density at radius 3 is 2.69 bits per heavy atom. The zero-order valence-electron chi connectivity index (χ0n) is 31.3. The third-order valence-corrected chi connectivity index (χ3v) is 3.29. The lowest BCUT2D eigenvalue weighted by Crippen LogP contribution is -2.17. The monoisotopic (exact) mass is 375 g/mol. The number of aliphatic hydroxyl groups is 1. The standard InChI is InChI=1S/C22H30O4/c1-16-9-11-20(13-17(16)2)26-15-19(23)8-6-5-7-18-10-12-21(24-3)22(14-18)25-4/h9-14,19,23H,5-8,15H2,1-4H3/i3D3,4D3,7D2,8D2,9D,10D,11D,12D,13D,14D,19D. The average molecular weight is 376 g/mol. The Kier molecular flexibility index (Phi) is 2.74. The number of hydrogen-bond acceptors (Lipinski definition) is 4. The highest BCUT2D eigenvalue weighted by atomic mass is 16.5. The van der Waals surface area contributed by atoms with Crippen molar-refractivity contribution in [2.24, 2.45) is 0 Å². The van der Waals surface area contributed by atoms with E-state index in [9.17, 15) is 5.11 Å². The zero-order valence-corrected chi connectivity index (χ0v) is 14.3. The van der Waals surface area contributed by atoms with Crippen LogP contribution in [-0.2, 0) is 6.37 Å². The molecule has 1 N–H and O–H groups in total. The molecular formula is C22H30O4. The van der Waals surface area contributed by atoms with Gasteiger partial charge < -0.3 is 19.3 Å². The molecule has 0 amide bonds. The summed E-state index contributed by atoms with van der Waals surface area (Å²) in [6.45, 7) is 1.88. The summed E-state index contributed by atoms with van der Waals surface area (Å²) in [5.41, 5.74) is -0.320. The van der Waals surface area contributed by atoms with Gasteiger partial charge in [0.25, 0.3) is 0 Å². The molecule has 0 spiro atoms. The molecule has 0 bridgehead atoms. The molecule has 0 aliphatic rings. The van der Waals surface area contributed by atoms with Crippen LogP contribution in [0.25, 0.3) is 0 Å². The highest BCUT2D eigenvalue weighted by molar-refractivity contribution is 5.42. The maximum absolute atomic E-state index is 10.6. The van der Waals surface area contributed by atoms with Gasteiger partial charge in [-0.05, 0) is 73.9 Å². The molecule has 1 atom stereocenters. The molecule has 0 saturated carbocycles. The molecule has 2 aromatic rings. The summed E-state index contributed by atoms with van der Waals surface area (Å²) >= 11 is 0. The molecule has 2 rings (SSSR count). The molecule has 0 aliphatic heterocycles. The second-order valence-corrected chi connectivity index (χ2v) is 5.16. The van der Waals surface area contributed by atoms with Crippen molar-refractivity contribution in [3.05, 3.63) is 52.9 Å². The minimum absolute atomic E-state index is 0.267. The van der Waals surface area contributed by atoms with Gasteiger partial charge in [-0.15, -0.1) is 0 Å². The Morgan fingerprint density at radius 2 is 1.88 bits per heavy atom. The minimum Gasteiger partial charge on any atom is -0.493 e. The molecule has 0 aliphatic carbocycles. The Labute approximate surface area is 180 Å². The van der Waals surface area contributed by atoms with Crippen LogP contribution in [0.4, 0.5) is 0 Å². The van der Waals surface area contributed by atoms with Gasteiger partial charge in [-0.2, -0.15) is 0 Å². The van der Waals surface area contributed by atoms with Crippen molar-refractivity contribution in [3.8, 4) is 17.2 Å². The first-order valence-electron chi connectivity index (χ1n) is 16.1. The first-order valence-corrected chi connectivity index (χ1v) is 7.59. The van der Waals surface area contributed by atoms with Gasteiger partial charge in [0.15, 0.2) is 11.5 Å². The second kappa shape index (κ2) is 10.1. The van der Waals surface area contributed by atoms with E-state index in [0.717, 1.165) is 0 Å². The third kappa shape index (κ3) is 5.95. The Morgan fingerprint density at radius 1 is 1.08 bits per heavy atom. The van der Waals surface area contributed by atoms with E-state index in [1.54, 1.807) is 0 Å². The molecule has 2 aromatic carbocycles. The summed E-state index contributed by atoms with van der Waals surface area (Å²) in [7, 11) is -6.57. The maximum Gasteiger partial charge on any atom is 0.160 e. The normalized spacial score (nSPS) is 24.7. The minimum atomic E-state index is -3.31. The van der Waals surface area contributed by atoms with Gasteiger partial charge in [-0.25, -0.2) is 0 Å².